The molecule has 0 aliphatic carbocycles. The van der Waals surface area contributed by atoms with Crippen LogP contribution >= 0.6 is 0 Å². The average Bonchev–Trinajstić information content (AvgIpc) is 3.44. The van der Waals surface area contributed by atoms with Crippen molar-refractivity contribution in [3.05, 3.63) is 83.9 Å². The van der Waals surface area contributed by atoms with Crippen LogP contribution in [0.4, 0.5) is 0 Å². The number of nitrogens with zero attached hydrogens (tertiary/aromatic N) is 2. The molecule has 0 spiro atoms. The number of aromatic nitrogens is 2. The number of carboxylic acid groups (broad SMARTS) is 2. The smallest absolute Gasteiger partial charge is 0.326 e. The number of phenolic OH excluding ortho intramolecular Hbond substituents is 1. The number of nitrogens with one attached hydrogen (secondary N) is 9. The monoisotopic (exact) mass is 1200 g/mol. The Labute approximate surface area is 499 Å². The summed E-state index contributed by atoms with van der Waals surface area (Å²) in [6, 6.07) is 1.67. The Morgan fingerprint density at radius 1 is 0.558 bits per heavy atom. The van der Waals surface area contributed by atoms with Crippen LogP contribution in [-0.4, -0.2) is 164 Å². The lowest BCUT2D eigenvalue weighted by molar-refractivity contribution is -0.143. The van der Waals surface area contributed by atoms with Gasteiger partial charge in [-0.05, 0) is 93.1 Å². The zero-order valence-corrected chi connectivity index (χ0v) is 49.2. The summed E-state index contributed by atoms with van der Waals surface area (Å²) < 4.78 is 0. The molecule has 8 amide bonds. The number of carboxylic acids is 2. The molecule has 0 unspecified atom stereocenters. The van der Waals surface area contributed by atoms with Gasteiger partial charge < -0.3 is 91.5 Å². The molecule has 10 atom stereocenters. The highest BCUT2D eigenvalue weighted by Crippen LogP contribution is 2.16. The minimum atomic E-state index is -1.79. The number of hydrogen-bond acceptors (Lipinski definition) is 16. The molecule has 22 N–H and O–H groups in total. The number of aromatic amines is 1. The van der Waals surface area contributed by atoms with Gasteiger partial charge in [0.1, 0.15) is 54.1 Å². The van der Waals surface area contributed by atoms with Crippen molar-refractivity contribution in [3.63, 3.8) is 0 Å². The van der Waals surface area contributed by atoms with Crippen LogP contribution in [0, 0.1) is 11.8 Å². The van der Waals surface area contributed by atoms with Crippen LogP contribution in [0.15, 0.2) is 72.1 Å². The summed E-state index contributed by atoms with van der Waals surface area (Å²) in [6.07, 6.45) is 3.75. The summed E-state index contributed by atoms with van der Waals surface area (Å²) in [5.41, 5.74) is 30.2. The van der Waals surface area contributed by atoms with E-state index in [1.165, 1.54) is 24.7 Å². The van der Waals surface area contributed by atoms with Gasteiger partial charge in [-0.25, -0.2) is 9.78 Å². The van der Waals surface area contributed by atoms with Crippen LogP contribution in [0.2, 0.25) is 0 Å². The van der Waals surface area contributed by atoms with Gasteiger partial charge in [0.2, 0.25) is 47.3 Å². The lowest BCUT2D eigenvalue weighted by Crippen LogP contribution is -2.62. The van der Waals surface area contributed by atoms with Gasteiger partial charge in [-0.3, -0.25) is 48.1 Å². The SMILES string of the molecule is CC[C@H](C)[C@H](NC(=O)[C@@H](NC(=O)[C@H](CCCN=C(N)N)NC(=O)[C@H](Cc1cnc[nH]1)NC(=O)[C@H](Cc1ccc(O)cc1)NC(=O)[C@@H](N)CCCCN)C(C)C)C(=O)N[C@@H](CCCCN)C(=O)N[C@@H](CC(=O)O)C(=O)N[C@@H](Cc1ccccc1)C(=O)O. The average molecular weight is 1210 g/mol. The number of rotatable bonds is 40. The van der Waals surface area contributed by atoms with Crippen molar-refractivity contribution in [1.29, 1.82) is 0 Å². The first-order valence-corrected chi connectivity index (χ1v) is 28.7. The molecule has 86 heavy (non-hydrogen) atoms. The second kappa shape index (κ2) is 37.6. The summed E-state index contributed by atoms with van der Waals surface area (Å²) in [5.74, 6) is -11.4. The lowest BCUT2D eigenvalue weighted by atomic mass is 9.95. The lowest BCUT2D eigenvalue weighted by Gasteiger charge is -2.31. The molecule has 474 valence electrons. The molecule has 3 rings (SSSR count). The van der Waals surface area contributed by atoms with Gasteiger partial charge in [-0.15, -0.1) is 0 Å². The molecule has 0 aliphatic heterocycles. The van der Waals surface area contributed by atoms with E-state index in [9.17, 15) is 63.3 Å². The first kappa shape index (κ1) is 71.6. The molecular weight excluding hydrogens is 1120 g/mol. The number of imidazole rings is 1. The van der Waals surface area contributed by atoms with Gasteiger partial charge in [0, 0.05) is 37.7 Å². The van der Waals surface area contributed by atoms with E-state index in [4.69, 9.17) is 28.7 Å². The normalized spacial score (nSPS) is 14.6. The van der Waals surface area contributed by atoms with Gasteiger partial charge in [0.25, 0.3) is 0 Å². The van der Waals surface area contributed by atoms with Crippen molar-refractivity contribution in [2.75, 3.05) is 19.6 Å². The Bertz CT molecular complexity index is 2690. The topological polar surface area (TPSA) is 499 Å². The maximum Gasteiger partial charge on any atom is 0.326 e. The molecule has 2 aromatic carbocycles. The third-order valence-electron chi connectivity index (χ3n) is 14.0. The third kappa shape index (κ3) is 25.7. The fraction of sp³-hybridized carbons (Fsp3) is 0.544. The summed E-state index contributed by atoms with van der Waals surface area (Å²) in [7, 11) is 0. The number of hydrogen-bond donors (Lipinski definition) is 17. The molecule has 0 saturated heterocycles. The number of unbranched alkanes of at least 4 members (excludes halogenated alkanes) is 2. The maximum absolute atomic E-state index is 14.5. The third-order valence-corrected chi connectivity index (χ3v) is 14.0. The number of aromatic hydroxyl groups is 1. The number of nitrogens with two attached hydrogens (primary N) is 5. The molecule has 29 nitrogen and oxygen atoms in total. The van der Waals surface area contributed by atoms with Gasteiger partial charge in [0.15, 0.2) is 5.96 Å². The van der Waals surface area contributed by atoms with Crippen molar-refractivity contribution < 1.29 is 63.3 Å². The maximum atomic E-state index is 14.5. The molecule has 0 bridgehead atoms. The first-order valence-electron chi connectivity index (χ1n) is 28.7. The van der Waals surface area contributed by atoms with E-state index in [2.05, 4.69) is 57.5 Å². The van der Waals surface area contributed by atoms with E-state index in [1.807, 2.05) is 0 Å². The summed E-state index contributed by atoms with van der Waals surface area (Å²) in [4.78, 5) is 148. The van der Waals surface area contributed by atoms with Crippen LogP contribution in [-0.2, 0) is 67.2 Å². The largest absolute Gasteiger partial charge is 0.508 e. The summed E-state index contributed by atoms with van der Waals surface area (Å²) in [5, 5.41) is 50.4. The number of amides is 8. The van der Waals surface area contributed by atoms with Gasteiger partial charge in [0.05, 0.1) is 18.8 Å². The molecule has 29 heteroatoms. The zero-order chi connectivity index (χ0) is 63.9. The standard InChI is InChI=1S/C57H88N16O13/c1-5-33(4)47(55(84)67-39(17-10-12-24-59)49(78)70-43(29-45(75)76)53(82)71-44(56(85)86)27-34-14-7-6-8-15-34)73-54(83)46(32(2)3)72-50(79)40(18-13-25-64-57(61)62)66-52(81)42(28-36-30-63-31-65-36)69-51(80)41(26-35-19-21-37(74)22-20-35)68-48(77)38(60)16-9-11-23-58/h6-8,14-15,19-22,30-33,38-44,46-47,74H,5,9-13,16-18,23-29,58-60H2,1-4H3,(H,63,65)(H,66,81)(H,67,84)(H,68,77)(H,69,80)(H,70,78)(H,71,82)(H,72,79)(H,73,83)(H,75,76)(H,85,86)(H4,61,62,64)/t33-,38-,39-,40-,41-,42-,43-,44-,46-,47-/m0/s1. The van der Waals surface area contributed by atoms with Crippen LogP contribution < -0.4 is 71.2 Å². The second-order valence-corrected chi connectivity index (χ2v) is 21.4. The van der Waals surface area contributed by atoms with Crippen LogP contribution in [0.1, 0.15) is 109 Å². The highest BCUT2D eigenvalue weighted by Gasteiger charge is 2.37. The minimum absolute atomic E-state index is 0.0156. The molecule has 0 fully saturated rings. The van der Waals surface area contributed by atoms with Crippen LogP contribution in [0.3, 0.4) is 0 Å². The molecule has 0 saturated carbocycles. The van der Waals surface area contributed by atoms with Gasteiger partial charge >= 0.3 is 11.9 Å². The van der Waals surface area contributed by atoms with E-state index in [0.29, 0.717) is 49.0 Å². The fourth-order valence-corrected chi connectivity index (χ4v) is 8.87. The molecule has 1 aromatic heterocycles. The number of aliphatic imine (C=N–C) groups is 1. The number of aliphatic carboxylic acids is 2. The fourth-order valence-electron chi connectivity index (χ4n) is 8.87. The summed E-state index contributed by atoms with van der Waals surface area (Å²) in [6.45, 7) is 7.25. The number of benzene rings is 2. The number of carbonyl (C=O) groups is 10. The molecule has 0 radical (unpaired) electrons. The Hall–Kier alpha value is -8.70. The first-order chi connectivity index (χ1) is 40.9. The van der Waals surface area contributed by atoms with E-state index in [0.717, 1.165) is 0 Å². The Balaban J connectivity index is 1.93. The van der Waals surface area contributed by atoms with Crippen molar-refractivity contribution >= 4 is 65.2 Å². The van der Waals surface area contributed by atoms with Crippen molar-refractivity contribution in [3.8, 4) is 5.75 Å². The van der Waals surface area contributed by atoms with E-state index < -0.39 is 132 Å². The van der Waals surface area contributed by atoms with E-state index in [-0.39, 0.29) is 76.2 Å². The summed E-state index contributed by atoms with van der Waals surface area (Å²) >= 11 is 0. The van der Waals surface area contributed by atoms with Crippen LogP contribution in [0.5, 0.6) is 5.75 Å². The molecule has 1 heterocycles. The van der Waals surface area contributed by atoms with Gasteiger partial charge in [-0.2, -0.15) is 0 Å². The number of carbonyl (C=O) groups excluding carboxylic acids is 8. The second-order valence-electron chi connectivity index (χ2n) is 21.4. The van der Waals surface area contributed by atoms with Crippen LogP contribution in [0.25, 0.3) is 0 Å². The van der Waals surface area contributed by atoms with Gasteiger partial charge in [-0.1, -0.05) is 83.0 Å². The van der Waals surface area contributed by atoms with E-state index >= 15 is 0 Å². The van der Waals surface area contributed by atoms with Crippen molar-refractivity contribution in [2.45, 2.75) is 166 Å². The van der Waals surface area contributed by atoms with E-state index in [1.54, 1.807) is 70.2 Å². The number of guanidine groups is 1. The van der Waals surface area contributed by atoms with Crippen molar-refractivity contribution in [2.24, 2.45) is 45.5 Å². The predicted octanol–water partition coefficient (Wildman–Crippen LogP) is -2.08. The molecule has 3 aromatic rings. The molecular formula is C57H88N16O13. The predicted molar refractivity (Wildman–Crippen MR) is 318 cm³/mol. The highest BCUT2D eigenvalue weighted by atomic mass is 16.4. The molecule has 0 aliphatic rings. The number of phenols is 1. The number of H-pyrrole nitrogens is 1. The highest BCUT2D eigenvalue weighted by molar-refractivity contribution is 5.99. The Kier molecular flexibility index (Phi) is 31.3. The Morgan fingerprint density at radius 2 is 1.03 bits per heavy atom. The van der Waals surface area contributed by atoms with Crippen molar-refractivity contribution in [1.82, 2.24) is 52.5 Å². The quantitative estimate of drug-likeness (QED) is 0.0165. The Morgan fingerprint density at radius 3 is 1.59 bits per heavy atom. The minimum Gasteiger partial charge on any atom is -0.508 e. The zero-order valence-electron chi connectivity index (χ0n) is 49.2.